The Hall–Kier alpha value is -4.37. The topological polar surface area (TPSA) is 106 Å². The number of pyridine rings is 1. The number of carbonyl (C=O) groups excluding carboxylic acids is 1. The van der Waals surface area contributed by atoms with Crippen LogP contribution in [0.4, 0.5) is 19.0 Å². The number of nitrogens with one attached hydrogen (secondary N) is 1. The van der Waals surface area contributed by atoms with E-state index in [-0.39, 0.29) is 35.6 Å². The fourth-order valence-corrected chi connectivity index (χ4v) is 6.65. The lowest BCUT2D eigenvalue weighted by Crippen LogP contribution is -2.49. The van der Waals surface area contributed by atoms with Crippen molar-refractivity contribution in [1.82, 2.24) is 20.1 Å². The number of aromatic amines is 1. The molecule has 4 aromatic rings. The predicted molar refractivity (Wildman–Crippen MR) is 152 cm³/mol. The zero-order valence-corrected chi connectivity index (χ0v) is 23.1. The van der Waals surface area contributed by atoms with Crippen molar-refractivity contribution < 1.29 is 18.0 Å². The summed E-state index contributed by atoms with van der Waals surface area (Å²) in [6.45, 7) is 1.78. The molecule has 2 aromatic carbocycles. The molecule has 0 unspecified atom stereocenters. The van der Waals surface area contributed by atoms with Crippen LogP contribution in [0.5, 0.6) is 0 Å². The predicted octanol–water partition coefficient (Wildman–Crippen LogP) is 4.77. The van der Waals surface area contributed by atoms with Crippen LogP contribution in [0, 0.1) is 17.1 Å². The number of halogens is 3. The summed E-state index contributed by atoms with van der Waals surface area (Å²) in [5, 5.41) is 16.5. The zero-order valence-electron chi connectivity index (χ0n) is 22.3. The summed E-state index contributed by atoms with van der Waals surface area (Å²) >= 11 is 1.35. The minimum absolute atomic E-state index is 0.0478. The highest BCUT2D eigenvalue weighted by Crippen LogP contribution is 2.46. The molecule has 214 valence electrons. The molecule has 0 spiro atoms. The summed E-state index contributed by atoms with van der Waals surface area (Å²) in [5.41, 5.74) is 1.21. The maximum atomic E-state index is 14.9. The minimum Gasteiger partial charge on any atom is -0.353 e. The Labute approximate surface area is 243 Å². The number of hydrogen-bond donors (Lipinski definition) is 1. The minimum atomic E-state index is -2.62. The molecule has 1 N–H and O–H groups in total. The van der Waals surface area contributed by atoms with Crippen LogP contribution in [0.2, 0.25) is 0 Å². The maximum Gasteiger partial charge on any atom is 0.272 e. The van der Waals surface area contributed by atoms with Gasteiger partial charge in [0, 0.05) is 67.2 Å². The van der Waals surface area contributed by atoms with Crippen LogP contribution in [0.25, 0.3) is 10.8 Å². The Bertz CT molecular complexity index is 1760. The van der Waals surface area contributed by atoms with Crippen molar-refractivity contribution in [3.63, 3.8) is 0 Å². The van der Waals surface area contributed by atoms with Crippen LogP contribution in [-0.2, 0) is 6.42 Å². The smallest absolute Gasteiger partial charge is 0.272 e. The van der Waals surface area contributed by atoms with Gasteiger partial charge in [0.2, 0.25) is 5.92 Å². The molecule has 2 aliphatic rings. The highest BCUT2D eigenvalue weighted by molar-refractivity contribution is 8.00. The molecule has 6 rings (SSSR count). The van der Waals surface area contributed by atoms with Gasteiger partial charge in [-0.05, 0) is 48.0 Å². The number of piperazine rings is 1. The first-order valence-electron chi connectivity index (χ1n) is 13.4. The molecule has 0 bridgehead atoms. The number of alkyl halides is 2. The van der Waals surface area contributed by atoms with Crippen molar-refractivity contribution in [3.05, 3.63) is 93.3 Å². The molecule has 1 saturated heterocycles. The Kier molecular flexibility index (Phi) is 7.36. The third-order valence-electron chi connectivity index (χ3n) is 7.59. The summed E-state index contributed by atoms with van der Waals surface area (Å²) in [6.07, 6.45) is 1.37. The SMILES string of the molecule is N#Cc1ccc(N2CCN(C(=O)c3cc(Cc4n[nH]c(=O)c5ccc(SC6CC(F)(F)C6)cc45)ccc3F)CC2)nc1. The van der Waals surface area contributed by atoms with Gasteiger partial charge in [-0.1, -0.05) is 6.07 Å². The van der Waals surface area contributed by atoms with E-state index in [1.54, 1.807) is 41.3 Å². The highest BCUT2D eigenvalue weighted by Gasteiger charge is 2.45. The van der Waals surface area contributed by atoms with E-state index >= 15 is 0 Å². The second kappa shape index (κ2) is 11.1. The lowest BCUT2D eigenvalue weighted by Gasteiger charge is -2.35. The molecule has 1 amide bonds. The third-order valence-corrected chi connectivity index (χ3v) is 8.79. The van der Waals surface area contributed by atoms with Crippen molar-refractivity contribution in [3.8, 4) is 6.07 Å². The van der Waals surface area contributed by atoms with Gasteiger partial charge in [-0.2, -0.15) is 10.4 Å². The number of thioether (sulfide) groups is 1. The number of amides is 1. The standard InChI is InChI=1S/C30H25F3N6O2S/c31-25-5-1-18(11-24(25)29(41)39-9-7-38(8-10-39)27-6-2-19(16-34)17-35-27)12-26-23-13-20(42-21-14-30(32,33)15-21)3-4-22(23)28(40)37-36-26/h1-6,11,13,17,21H,7-10,12,14-15H2,(H,37,40). The van der Waals surface area contributed by atoms with Gasteiger partial charge in [0.05, 0.1) is 22.2 Å². The number of benzene rings is 2. The largest absolute Gasteiger partial charge is 0.353 e. The summed E-state index contributed by atoms with van der Waals surface area (Å²) in [7, 11) is 0. The number of carbonyl (C=O) groups is 1. The molecule has 2 aromatic heterocycles. The number of nitrogens with zero attached hydrogens (tertiary/aromatic N) is 5. The monoisotopic (exact) mass is 590 g/mol. The zero-order chi connectivity index (χ0) is 29.4. The average molecular weight is 591 g/mol. The summed E-state index contributed by atoms with van der Waals surface area (Å²) < 4.78 is 41.5. The van der Waals surface area contributed by atoms with Crippen molar-refractivity contribution in [2.45, 2.75) is 35.3 Å². The van der Waals surface area contributed by atoms with Gasteiger partial charge in [0.25, 0.3) is 11.5 Å². The average Bonchev–Trinajstić information content (AvgIpc) is 2.98. The number of hydrogen-bond acceptors (Lipinski definition) is 7. The van der Waals surface area contributed by atoms with E-state index in [0.717, 1.165) is 4.90 Å². The van der Waals surface area contributed by atoms with Crippen molar-refractivity contribution in [1.29, 1.82) is 5.26 Å². The van der Waals surface area contributed by atoms with E-state index in [4.69, 9.17) is 5.26 Å². The Morgan fingerprint density at radius 2 is 1.86 bits per heavy atom. The van der Waals surface area contributed by atoms with Crippen molar-refractivity contribution in [2.24, 2.45) is 0 Å². The number of fused-ring (bicyclic) bond motifs is 1. The maximum absolute atomic E-state index is 14.9. The molecule has 1 aliphatic carbocycles. The molecular weight excluding hydrogens is 565 g/mol. The van der Waals surface area contributed by atoms with Crippen molar-refractivity contribution in [2.75, 3.05) is 31.1 Å². The number of anilines is 1. The van der Waals surface area contributed by atoms with Gasteiger partial charge in [-0.3, -0.25) is 9.59 Å². The van der Waals surface area contributed by atoms with Gasteiger partial charge in [0.15, 0.2) is 0 Å². The second-order valence-electron chi connectivity index (χ2n) is 10.5. The number of aromatic nitrogens is 3. The van der Waals surface area contributed by atoms with Gasteiger partial charge >= 0.3 is 0 Å². The second-order valence-corrected chi connectivity index (χ2v) is 11.9. The first-order chi connectivity index (χ1) is 20.2. The molecule has 1 saturated carbocycles. The Balaban J connectivity index is 1.18. The molecule has 0 radical (unpaired) electrons. The van der Waals surface area contributed by atoms with E-state index in [2.05, 4.69) is 15.2 Å². The van der Waals surface area contributed by atoms with Crippen LogP contribution in [-0.4, -0.2) is 63.3 Å². The van der Waals surface area contributed by atoms with Gasteiger partial charge < -0.3 is 9.80 Å². The van der Waals surface area contributed by atoms with E-state index in [1.165, 1.54) is 30.1 Å². The molecule has 3 heterocycles. The fraction of sp³-hybridized carbons (Fsp3) is 0.300. The van der Waals surface area contributed by atoms with Gasteiger partial charge in [-0.15, -0.1) is 11.8 Å². The Morgan fingerprint density at radius 1 is 1.07 bits per heavy atom. The molecular formula is C30H25F3N6O2S. The molecule has 1 aliphatic heterocycles. The first kappa shape index (κ1) is 27.8. The summed E-state index contributed by atoms with van der Waals surface area (Å²) in [4.78, 5) is 34.4. The molecule has 0 atom stereocenters. The van der Waals surface area contributed by atoms with E-state index in [1.807, 2.05) is 11.0 Å². The number of nitriles is 1. The normalized spacial score (nSPS) is 16.7. The molecule has 12 heteroatoms. The fourth-order valence-electron chi connectivity index (χ4n) is 5.28. The molecule has 8 nitrogen and oxygen atoms in total. The van der Waals surface area contributed by atoms with Gasteiger partial charge in [-0.25, -0.2) is 23.3 Å². The van der Waals surface area contributed by atoms with Crippen LogP contribution in [0.1, 0.15) is 40.0 Å². The van der Waals surface area contributed by atoms with Crippen LogP contribution in [0.3, 0.4) is 0 Å². The van der Waals surface area contributed by atoms with Crippen LogP contribution >= 0.6 is 11.8 Å². The Morgan fingerprint density at radius 3 is 2.55 bits per heavy atom. The lowest BCUT2D eigenvalue weighted by molar-refractivity contribution is -0.0667. The number of H-pyrrole nitrogens is 1. The number of rotatable bonds is 6. The molecule has 42 heavy (non-hydrogen) atoms. The molecule has 2 fully saturated rings. The van der Waals surface area contributed by atoms with E-state index < -0.39 is 17.6 Å². The third kappa shape index (κ3) is 5.69. The van der Waals surface area contributed by atoms with E-state index in [9.17, 15) is 22.8 Å². The quantitative estimate of drug-likeness (QED) is 0.345. The van der Waals surface area contributed by atoms with E-state index in [0.29, 0.717) is 59.6 Å². The summed E-state index contributed by atoms with van der Waals surface area (Å²) in [6, 6.07) is 15.0. The van der Waals surface area contributed by atoms with Gasteiger partial charge in [0.1, 0.15) is 17.7 Å². The van der Waals surface area contributed by atoms with Crippen molar-refractivity contribution >= 4 is 34.3 Å². The van der Waals surface area contributed by atoms with Crippen LogP contribution < -0.4 is 10.5 Å². The lowest BCUT2D eigenvalue weighted by atomic mass is 9.94. The first-order valence-corrected chi connectivity index (χ1v) is 14.3. The highest BCUT2D eigenvalue weighted by atomic mass is 32.2. The summed E-state index contributed by atoms with van der Waals surface area (Å²) in [5.74, 6) is -2.96. The van der Waals surface area contributed by atoms with Crippen LogP contribution in [0.15, 0.2) is 64.4 Å².